The fourth-order valence-corrected chi connectivity index (χ4v) is 4.22. The van der Waals surface area contributed by atoms with Crippen molar-refractivity contribution in [3.05, 3.63) is 57.6 Å². The van der Waals surface area contributed by atoms with Crippen molar-refractivity contribution >= 4 is 22.8 Å². The first-order valence-corrected chi connectivity index (χ1v) is 10.2. The first-order valence-electron chi connectivity index (χ1n) is 9.21. The number of thioether (sulfide) groups is 1. The molecule has 0 radical (unpaired) electrons. The van der Waals surface area contributed by atoms with Crippen LogP contribution in [0.15, 0.2) is 40.2 Å². The van der Waals surface area contributed by atoms with Crippen LogP contribution in [0.4, 0.5) is 13.2 Å². The summed E-state index contributed by atoms with van der Waals surface area (Å²) in [5, 5.41) is 9.44. The zero-order chi connectivity index (χ0) is 20.6. The Hall–Kier alpha value is -2.73. The topological polar surface area (TPSA) is 74.5 Å². The lowest BCUT2D eigenvalue weighted by Crippen LogP contribution is -2.17. The van der Waals surface area contributed by atoms with E-state index in [1.165, 1.54) is 0 Å². The zero-order valence-electron chi connectivity index (χ0n) is 15.3. The summed E-state index contributed by atoms with van der Waals surface area (Å²) in [4.78, 5) is 19.2. The van der Waals surface area contributed by atoms with E-state index < -0.39 is 17.3 Å². The number of para-hydroxylation sites is 2. The fourth-order valence-electron chi connectivity index (χ4n) is 3.29. The van der Waals surface area contributed by atoms with Crippen molar-refractivity contribution < 1.29 is 13.2 Å². The van der Waals surface area contributed by atoms with E-state index in [2.05, 4.69) is 9.97 Å². The van der Waals surface area contributed by atoms with Crippen molar-refractivity contribution in [3.63, 3.8) is 0 Å². The minimum absolute atomic E-state index is 0.0491. The molecule has 1 aliphatic carbocycles. The summed E-state index contributed by atoms with van der Waals surface area (Å²) in [6, 6.07) is 10.0. The largest absolute Gasteiger partial charge is 0.417 e. The summed E-state index contributed by atoms with van der Waals surface area (Å²) in [5.41, 5.74) is 0.385. The molecular weight excluding hydrogens is 401 g/mol. The van der Waals surface area contributed by atoms with Gasteiger partial charge in [0.25, 0.3) is 0 Å². The van der Waals surface area contributed by atoms with Crippen molar-refractivity contribution in [1.29, 1.82) is 5.26 Å². The highest BCUT2D eigenvalue weighted by Crippen LogP contribution is 2.43. The highest BCUT2D eigenvalue weighted by Gasteiger charge is 2.38. The SMILES string of the molecule is N#Cc1c(C(F)(F)F)cc(C2CC2)nc1SCCCn1c(=O)[nH]c2ccccc21. The van der Waals surface area contributed by atoms with Gasteiger partial charge in [0.05, 0.1) is 22.2 Å². The number of rotatable bonds is 6. The highest BCUT2D eigenvalue weighted by atomic mass is 32.2. The molecular formula is C20H17F3N4OS. The molecule has 29 heavy (non-hydrogen) atoms. The van der Waals surface area contributed by atoms with Crippen LogP contribution in [-0.4, -0.2) is 20.3 Å². The molecule has 0 aliphatic heterocycles. The molecule has 0 atom stereocenters. The maximum absolute atomic E-state index is 13.4. The van der Waals surface area contributed by atoms with E-state index in [-0.39, 0.29) is 16.6 Å². The Kier molecular flexibility index (Phi) is 5.13. The summed E-state index contributed by atoms with van der Waals surface area (Å²) in [7, 11) is 0. The maximum atomic E-state index is 13.4. The number of H-pyrrole nitrogens is 1. The third-order valence-electron chi connectivity index (χ3n) is 4.87. The summed E-state index contributed by atoms with van der Waals surface area (Å²) >= 11 is 1.14. The van der Waals surface area contributed by atoms with E-state index in [9.17, 15) is 23.2 Å². The van der Waals surface area contributed by atoms with Crippen LogP contribution < -0.4 is 5.69 Å². The van der Waals surface area contributed by atoms with Gasteiger partial charge in [0.15, 0.2) is 0 Å². The van der Waals surface area contributed by atoms with E-state index in [4.69, 9.17) is 0 Å². The number of halogens is 3. The normalized spacial score (nSPS) is 14.3. The molecule has 3 aromatic rings. The molecule has 150 valence electrons. The minimum atomic E-state index is -4.59. The molecule has 5 nitrogen and oxygen atoms in total. The lowest BCUT2D eigenvalue weighted by Gasteiger charge is -2.14. The van der Waals surface area contributed by atoms with Crippen LogP contribution >= 0.6 is 11.8 Å². The molecule has 1 fully saturated rings. The Morgan fingerprint density at radius 2 is 2.07 bits per heavy atom. The number of imidazole rings is 1. The van der Waals surface area contributed by atoms with Crippen molar-refractivity contribution in [2.24, 2.45) is 0 Å². The highest BCUT2D eigenvalue weighted by molar-refractivity contribution is 7.99. The average Bonchev–Trinajstić information content (AvgIpc) is 3.48. The standard InChI is InChI=1S/C20H17F3N4OS/c21-20(22,23)14-10-16(12-6-7-12)25-18(13(14)11-24)29-9-3-8-27-17-5-2-1-4-15(17)26-19(27)28/h1-2,4-5,10,12H,3,6-9H2,(H,26,28). The van der Waals surface area contributed by atoms with Gasteiger partial charge in [-0.3, -0.25) is 4.57 Å². The molecule has 0 bridgehead atoms. The number of nitrogens with zero attached hydrogens (tertiary/aromatic N) is 3. The quantitative estimate of drug-likeness (QED) is 0.466. The Bertz CT molecular complexity index is 1160. The van der Waals surface area contributed by atoms with Gasteiger partial charge in [-0.05, 0) is 37.5 Å². The van der Waals surface area contributed by atoms with Crippen LogP contribution in [0.5, 0.6) is 0 Å². The third kappa shape index (κ3) is 4.03. The first-order chi connectivity index (χ1) is 13.9. The van der Waals surface area contributed by atoms with Gasteiger partial charge in [-0.25, -0.2) is 9.78 Å². The maximum Gasteiger partial charge on any atom is 0.417 e. The van der Waals surface area contributed by atoms with Crippen molar-refractivity contribution in [2.75, 3.05) is 5.75 Å². The summed E-state index contributed by atoms with van der Waals surface area (Å²) in [6.45, 7) is 0.423. The minimum Gasteiger partial charge on any atom is -0.306 e. The van der Waals surface area contributed by atoms with Crippen molar-refractivity contribution in [3.8, 4) is 6.07 Å². The van der Waals surface area contributed by atoms with Gasteiger partial charge in [-0.1, -0.05) is 12.1 Å². The average molecular weight is 418 g/mol. The van der Waals surface area contributed by atoms with Gasteiger partial charge >= 0.3 is 11.9 Å². The predicted molar refractivity (Wildman–Crippen MR) is 104 cm³/mol. The Morgan fingerprint density at radius 3 is 2.76 bits per heavy atom. The molecule has 2 heterocycles. The van der Waals surface area contributed by atoms with E-state index in [0.717, 1.165) is 41.7 Å². The fraction of sp³-hybridized carbons (Fsp3) is 0.350. The van der Waals surface area contributed by atoms with Gasteiger partial charge in [0.2, 0.25) is 0 Å². The molecule has 0 spiro atoms. The number of nitriles is 1. The van der Waals surface area contributed by atoms with Crippen LogP contribution in [-0.2, 0) is 12.7 Å². The van der Waals surface area contributed by atoms with Crippen molar-refractivity contribution in [1.82, 2.24) is 14.5 Å². The number of aromatic nitrogens is 3. The van der Waals surface area contributed by atoms with E-state index in [1.807, 2.05) is 24.3 Å². The van der Waals surface area contributed by atoms with Gasteiger partial charge in [-0.15, -0.1) is 11.8 Å². The number of benzene rings is 1. The van der Waals surface area contributed by atoms with Crippen molar-refractivity contribution in [2.45, 2.75) is 42.9 Å². The van der Waals surface area contributed by atoms with Crippen LogP contribution in [0.1, 0.15) is 42.0 Å². The van der Waals surface area contributed by atoms with Crippen LogP contribution in [0.3, 0.4) is 0 Å². The molecule has 4 rings (SSSR count). The summed E-state index contributed by atoms with van der Waals surface area (Å²) in [5.74, 6) is 0.493. The van der Waals surface area contributed by atoms with E-state index >= 15 is 0 Å². The molecule has 0 saturated heterocycles. The lowest BCUT2D eigenvalue weighted by atomic mass is 10.1. The molecule has 1 aliphatic rings. The molecule has 1 aromatic carbocycles. The van der Waals surface area contributed by atoms with Gasteiger partial charge < -0.3 is 4.98 Å². The first kappa shape index (κ1) is 19.6. The second-order valence-corrected chi connectivity index (χ2v) is 8.04. The number of alkyl halides is 3. The Labute approximate surface area is 168 Å². The summed E-state index contributed by atoms with van der Waals surface area (Å²) in [6.07, 6.45) is -2.40. The van der Waals surface area contributed by atoms with E-state index in [1.54, 1.807) is 10.6 Å². The second-order valence-electron chi connectivity index (χ2n) is 6.96. The number of pyridine rings is 1. The number of hydrogen-bond donors (Lipinski definition) is 1. The number of aromatic amines is 1. The molecule has 1 saturated carbocycles. The van der Waals surface area contributed by atoms with Gasteiger partial charge in [-0.2, -0.15) is 18.4 Å². The van der Waals surface area contributed by atoms with Gasteiger partial charge in [0, 0.05) is 23.9 Å². The third-order valence-corrected chi connectivity index (χ3v) is 5.93. The second kappa shape index (κ2) is 7.59. The molecule has 2 aromatic heterocycles. The number of hydrogen-bond acceptors (Lipinski definition) is 4. The number of nitrogens with one attached hydrogen (secondary N) is 1. The zero-order valence-corrected chi connectivity index (χ0v) is 16.1. The Balaban J connectivity index is 1.52. The predicted octanol–water partition coefficient (Wildman–Crippen LogP) is 4.67. The summed E-state index contributed by atoms with van der Waals surface area (Å²) < 4.78 is 41.9. The Morgan fingerprint density at radius 1 is 1.31 bits per heavy atom. The lowest BCUT2D eigenvalue weighted by molar-refractivity contribution is -0.138. The molecule has 9 heteroatoms. The molecule has 1 N–H and O–H groups in total. The van der Waals surface area contributed by atoms with Crippen LogP contribution in [0.2, 0.25) is 0 Å². The monoisotopic (exact) mass is 418 g/mol. The van der Waals surface area contributed by atoms with Gasteiger partial charge in [0.1, 0.15) is 11.1 Å². The number of aryl methyl sites for hydroxylation is 1. The smallest absolute Gasteiger partial charge is 0.306 e. The molecule has 0 unspecified atom stereocenters. The van der Waals surface area contributed by atoms with E-state index in [0.29, 0.717) is 24.4 Å². The number of fused-ring (bicyclic) bond motifs is 1. The molecule has 0 amide bonds. The van der Waals surface area contributed by atoms with Crippen LogP contribution in [0, 0.1) is 11.3 Å². The van der Waals surface area contributed by atoms with Crippen LogP contribution in [0.25, 0.3) is 11.0 Å².